The van der Waals surface area contributed by atoms with Gasteiger partial charge in [-0.05, 0) is 32.1 Å². The van der Waals surface area contributed by atoms with E-state index in [1.165, 1.54) is 0 Å². The summed E-state index contributed by atoms with van der Waals surface area (Å²) in [5, 5.41) is 16.6. The van der Waals surface area contributed by atoms with Crippen LogP contribution in [-0.4, -0.2) is 47.9 Å². The van der Waals surface area contributed by atoms with Crippen molar-refractivity contribution in [3.63, 3.8) is 0 Å². The Morgan fingerprint density at radius 1 is 1.14 bits per heavy atom. The molecule has 0 spiro atoms. The summed E-state index contributed by atoms with van der Waals surface area (Å²) in [5.74, 6) is -1.27. The molecule has 1 aliphatic rings. The van der Waals surface area contributed by atoms with Crippen LogP contribution in [0.5, 0.6) is 0 Å². The van der Waals surface area contributed by atoms with E-state index in [4.69, 9.17) is 14.9 Å². The summed E-state index contributed by atoms with van der Waals surface area (Å²) in [7, 11) is 0. The number of carbonyl (C=O) groups is 3. The lowest BCUT2D eigenvalue weighted by atomic mass is 10.2. The Labute approximate surface area is 124 Å². The van der Waals surface area contributed by atoms with Gasteiger partial charge in [-0.3, -0.25) is 14.4 Å². The summed E-state index contributed by atoms with van der Waals surface area (Å²) in [6.45, 7) is 0.470. The van der Waals surface area contributed by atoms with E-state index in [0.29, 0.717) is 25.9 Å². The molecule has 1 fully saturated rings. The lowest BCUT2D eigenvalue weighted by Crippen LogP contribution is -2.08. The molecule has 0 radical (unpaired) electrons. The lowest BCUT2D eigenvalue weighted by molar-refractivity contribution is -0.145. The predicted molar refractivity (Wildman–Crippen MR) is 73.6 cm³/mol. The fourth-order valence-electron chi connectivity index (χ4n) is 1.58. The van der Waals surface area contributed by atoms with Gasteiger partial charge >= 0.3 is 17.9 Å². The third-order valence-corrected chi connectivity index (χ3v) is 2.66. The SMILES string of the molecule is O=C(O)CCCCC(=O)OCCO.O=C1CCCCCO1. The molecular formula is C14H24O7. The van der Waals surface area contributed by atoms with Gasteiger partial charge in [0.25, 0.3) is 0 Å². The number of cyclic esters (lactones) is 1. The summed E-state index contributed by atoms with van der Waals surface area (Å²) in [6.07, 6.45) is 5.11. The number of unbranched alkanes of at least 4 members (excludes halogenated alkanes) is 1. The number of carboxylic acid groups (broad SMARTS) is 1. The Morgan fingerprint density at radius 3 is 2.52 bits per heavy atom. The summed E-state index contributed by atoms with van der Waals surface area (Å²) in [4.78, 5) is 31.3. The molecule has 0 atom stereocenters. The number of carbonyl (C=O) groups excluding carboxylic acids is 2. The van der Waals surface area contributed by atoms with E-state index >= 15 is 0 Å². The maximum absolute atomic E-state index is 10.8. The second kappa shape index (κ2) is 13.4. The number of ether oxygens (including phenoxy) is 2. The zero-order chi connectivity index (χ0) is 15.9. The first kappa shape index (κ1) is 19.4. The maximum Gasteiger partial charge on any atom is 0.305 e. The highest BCUT2D eigenvalue weighted by atomic mass is 16.5. The molecule has 0 aliphatic carbocycles. The highest BCUT2D eigenvalue weighted by molar-refractivity contribution is 5.70. The third kappa shape index (κ3) is 14.6. The minimum Gasteiger partial charge on any atom is -0.481 e. The van der Waals surface area contributed by atoms with Gasteiger partial charge in [-0.15, -0.1) is 0 Å². The van der Waals surface area contributed by atoms with Gasteiger partial charge in [0.2, 0.25) is 0 Å². The van der Waals surface area contributed by atoms with Gasteiger partial charge in [0.1, 0.15) is 6.61 Å². The molecule has 122 valence electrons. The molecule has 0 aromatic carbocycles. The monoisotopic (exact) mass is 304 g/mol. The molecule has 1 rings (SSSR count). The number of aliphatic hydroxyl groups excluding tert-OH is 1. The van der Waals surface area contributed by atoms with Crippen molar-refractivity contribution in [3.8, 4) is 0 Å². The Kier molecular flexibility index (Phi) is 12.3. The molecule has 7 nitrogen and oxygen atoms in total. The third-order valence-electron chi connectivity index (χ3n) is 2.66. The van der Waals surface area contributed by atoms with Crippen molar-refractivity contribution in [2.45, 2.75) is 51.4 Å². The largest absolute Gasteiger partial charge is 0.481 e. The van der Waals surface area contributed by atoms with Gasteiger partial charge < -0.3 is 19.7 Å². The van der Waals surface area contributed by atoms with E-state index in [-0.39, 0.29) is 38.0 Å². The van der Waals surface area contributed by atoms with Crippen LogP contribution in [0.2, 0.25) is 0 Å². The Hall–Kier alpha value is -1.63. The van der Waals surface area contributed by atoms with Crippen LogP contribution >= 0.6 is 0 Å². The van der Waals surface area contributed by atoms with E-state index in [0.717, 1.165) is 19.3 Å². The molecule has 1 aliphatic heterocycles. The first-order valence-corrected chi connectivity index (χ1v) is 7.20. The quantitative estimate of drug-likeness (QED) is 0.538. The molecule has 0 aromatic heterocycles. The molecule has 1 saturated heterocycles. The zero-order valence-electron chi connectivity index (χ0n) is 12.2. The van der Waals surface area contributed by atoms with Crippen LogP contribution in [0.1, 0.15) is 51.4 Å². The second-order valence-corrected chi connectivity index (χ2v) is 4.58. The fraction of sp³-hybridized carbons (Fsp3) is 0.786. The molecule has 0 amide bonds. The van der Waals surface area contributed by atoms with Crippen LogP contribution in [0.15, 0.2) is 0 Å². The molecule has 0 bridgehead atoms. The Balaban J connectivity index is 0.000000423. The molecule has 0 aromatic rings. The van der Waals surface area contributed by atoms with Crippen LogP contribution in [0.3, 0.4) is 0 Å². The van der Waals surface area contributed by atoms with Crippen molar-refractivity contribution in [1.29, 1.82) is 0 Å². The molecule has 0 saturated carbocycles. The van der Waals surface area contributed by atoms with Gasteiger partial charge in [0, 0.05) is 19.3 Å². The van der Waals surface area contributed by atoms with E-state index in [2.05, 4.69) is 4.74 Å². The summed E-state index contributed by atoms with van der Waals surface area (Å²) < 4.78 is 9.33. The number of aliphatic hydroxyl groups is 1. The van der Waals surface area contributed by atoms with E-state index in [1.807, 2.05) is 0 Å². The zero-order valence-corrected chi connectivity index (χ0v) is 12.2. The average molecular weight is 304 g/mol. The number of hydrogen-bond acceptors (Lipinski definition) is 6. The smallest absolute Gasteiger partial charge is 0.305 e. The van der Waals surface area contributed by atoms with E-state index in [1.54, 1.807) is 0 Å². The maximum atomic E-state index is 10.8. The second-order valence-electron chi connectivity index (χ2n) is 4.58. The van der Waals surface area contributed by atoms with Crippen LogP contribution in [-0.2, 0) is 23.9 Å². The first-order chi connectivity index (χ1) is 10.1. The van der Waals surface area contributed by atoms with E-state index < -0.39 is 5.97 Å². The van der Waals surface area contributed by atoms with Crippen molar-refractivity contribution in [2.75, 3.05) is 19.8 Å². The van der Waals surface area contributed by atoms with E-state index in [9.17, 15) is 14.4 Å². The Bertz CT molecular complexity index is 304. The van der Waals surface area contributed by atoms with Gasteiger partial charge in [0.15, 0.2) is 0 Å². The highest BCUT2D eigenvalue weighted by Crippen LogP contribution is 2.06. The molecule has 21 heavy (non-hydrogen) atoms. The molecule has 1 heterocycles. The van der Waals surface area contributed by atoms with Crippen molar-refractivity contribution in [3.05, 3.63) is 0 Å². The van der Waals surface area contributed by atoms with Crippen molar-refractivity contribution >= 4 is 17.9 Å². The standard InChI is InChI=1S/C8H14O5.C6H10O2/c9-5-6-13-8(12)4-2-1-3-7(10)11;7-6-4-2-1-3-5-8-6/h9H,1-6H2,(H,10,11);1-5H2. The van der Waals surface area contributed by atoms with Gasteiger partial charge in [-0.25, -0.2) is 0 Å². The fourth-order valence-corrected chi connectivity index (χ4v) is 1.58. The predicted octanol–water partition coefficient (Wildman–Crippen LogP) is 1.27. The average Bonchev–Trinajstić information content (AvgIpc) is 2.69. The number of hydrogen-bond donors (Lipinski definition) is 2. The Morgan fingerprint density at radius 2 is 1.86 bits per heavy atom. The minimum atomic E-state index is -0.858. The number of rotatable bonds is 7. The molecule has 0 unspecified atom stereocenters. The van der Waals surface area contributed by atoms with Crippen LogP contribution in [0, 0.1) is 0 Å². The topological polar surface area (TPSA) is 110 Å². The van der Waals surface area contributed by atoms with Gasteiger partial charge in [-0.2, -0.15) is 0 Å². The highest BCUT2D eigenvalue weighted by Gasteiger charge is 2.05. The minimum absolute atomic E-state index is 0.0117. The number of aliphatic carboxylic acids is 1. The first-order valence-electron chi connectivity index (χ1n) is 7.20. The van der Waals surface area contributed by atoms with Crippen molar-refractivity contribution in [1.82, 2.24) is 0 Å². The van der Waals surface area contributed by atoms with Gasteiger partial charge in [-0.1, -0.05) is 0 Å². The van der Waals surface area contributed by atoms with Crippen LogP contribution in [0.25, 0.3) is 0 Å². The summed E-state index contributed by atoms with van der Waals surface area (Å²) >= 11 is 0. The lowest BCUT2D eigenvalue weighted by Gasteiger charge is -2.01. The normalized spacial score (nSPS) is 14.2. The van der Waals surface area contributed by atoms with Crippen molar-refractivity contribution in [2.24, 2.45) is 0 Å². The number of esters is 2. The van der Waals surface area contributed by atoms with Gasteiger partial charge in [0.05, 0.1) is 13.2 Å². The summed E-state index contributed by atoms with van der Waals surface area (Å²) in [5.41, 5.74) is 0. The summed E-state index contributed by atoms with van der Waals surface area (Å²) in [6, 6.07) is 0. The van der Waals surface area contributed by atoms with Crippen LogP contribution in [0.4, 0.5) is 0 Å². The number of carboxylic acids is 1. The van der Waals surface area contributed by atoms with Crippen LogP contribution < -0.4 is 0 Å². The van der Waals surface area contributed by atoms with Crippen molar-refractivity contribution < 1.29 is 34.1 Å². The molecule has 7 heteroatoms. The molecule has 2 N–H and O–H groups in total. The molecular weight excluding hydrogens is 280 g/mol.